The molecule has 0 aromatic carbocycles. The second-order valence-corrected chi connectivity index (χ2v) is 2.52. The predicted octanol–water partition coefficient (Wildman–Crippen LogP) is -0.695. The molecule has 0 heterocycles. The number of aliphatic hydroxyl groups excluding tert-OH is 1. The van der Waals surface area contributed by atoms with E-state index in [0.29, 0.717) is 0 Å². The number of aliphatic hydroxyl groups is 1. The summed E-state index contributed by atoms with van der Waals surface area (Å²) in [6.07, 6.45) is 0. The molecule has 0 saturated heterocycles. The number of rotatable bonds is 8. The monoisotopic (exact) mass is 213 g/mol. The van der Waals surface area contributed by atoms with Gasteiger partial charge in [0.2, 0.25) is 0 Å². The highest BCUT2D eigenvalue weighted by molar-refractivity contribution is 5.75. The summed E-state index contributed by atoms with van der Waals surface area (Å²) in [6.45, 7) is -0.660. The maximum atomic E-state index is 12.4. The van der Waals surface area contributed by atoms with Crippen LogP contribution < -0.4 is 5.32 Å². The van der Waals surface area contributed by atoms with E-state index in [-0.39, 0.29) is 26.4 Å². The fraction of sp³-hybridized carbons (Fsp3) is 0.857. The number of nitrogens with one attached hydrogen (secondary N) is 1. The van der Waals surface area contributed by atoms with Crippen LogP contribution in [0.25, 0.3) is 0 Å². The molecule has 0 unspecified atom stereocenters. The van der Waals surface area contributed by atoms with Crippen molar-refractivity contribution in [2.24, 2.45) is 0 Å². The van der Waals surface area contributed by atoms with Crippen molar-refractivity contribution in [2.45, 2.75) is 5.92 Å². The van der Waals surface area contributed by atoms with E-state index < -0.39 is 18.4 Å². The van der Waals surface area contributed by atoms with Crippen LogP contribution >= 0.6 is 0 Å². The van der Waals surface area contributed by atoms with Crippen LogP contribution in [0.5, 0.6) is 0 Å². The number of carbonyl (C=O) groups is 1. The number of carboxylic acids is 1. The Bertz CT molecular complexity index is 177. The number of hydrogen-bond donors (Lipinski definition) is 3. The summed E-state index contributed by atoms with van der Waals surface area (Å²) in [5.74, 6) is -5.90. The molecule has 0 spiro atoms. The van der Waals surface area contributed by atoms with Gasteiger partial charge in [-0.15, -0.1) is 0 Å². The van der Waals surface area contributed by atoms with Crippen molar-refractivity contribution in [1.29, 1.82) is 0 Å². The fourth-order valence-corrected chi connectivity index (χ4v) is 0.632. The van der Waals surface area contributed by atoms with Crippen LogP contribution in [-0.4, -0.2) is 55.0 Å². The van der Waals surface area contributed by atoms with Gasteiger partial charge in [0.25, 0.3) is 0 Å². The molecule has 0 aromatic rings. The van der Waals surface area contributed by atoms with E-state index in [0.717, 1.165) is 0 Å². The highest BCUT2D eigenvalue weighted by Crippen LogP contribution is 2.10. The summed E-state index contributed by atoms with van der Waals surface area (Å²) in [5, 5.41) is 18.5. The second kappa shape index (κ2) is 6.63. The molecule has 0 aromatic heterocycles. The van der Waals surface area contributed by atoms with E-state index in [1.165, 1.54) is 0 Å². The Balaban J connectivity index is 3.40. The number of aliphatic carboxylic acids is 1. The molecule has 0 rings (SSSR count). The lowest BCUT2D eigenvalue weighted by Crippen LogP contribution is -2.40. The number of alkyl halides is 2. The summed E-state index contributed by atoms with van der Waals surface area (Å²) >= 11 is 0. The molecule has 3 N–H and O–H groups in total. The second-order valence-electron chi connectivity index (χ2n) is 2.52. The molecule has 5 nitrogen and oxygen atoms in total. The molecule has 0 saturated carbocycles. The highest BCUT2D eigenvalue weighted by atomic mass is 19.3. The third-order valence-corrected chi connectivity index (χ3v) is 1.32. The van der Waals surface area contributed by atoms with Gasteiger partial charge in [-0.3, -0.25) is 0 Å². The topological polar surface area (TPSA) is 78.8 Å². The van der Waals surface area contributed by atoms with E-state index >= 15 is 0 Å². The minimum absolute atomic E-state index is 0.114. The Hall–Kier alpha value is -0.790. The molecule has 7 heteroatoms. The fourth-order valence-electron chi connectivity index (χ4n) is 0.632. The smallest absolute Gasteiger partial charge is 0.375 e. The van der Waals surface area contributed by atoms with Crippen molar-refractivity contribution >= 4 is 5.97 Å². The normalized spacial score (nSPS) is 11.6. The quantitative estimate of drug-likeness (QED) is 0.465. The Morgan fingerprint density at radius 1 is 1.43 bits per heavy atom. The van der Waals surface area contributed by atoms with E-state index in [1.54, 1.807) is 0 Å². The van der Waals surface area contributed by atoms with E-state index in [2.05, 4.69) is 5.32 Å². The van der Waals surface area contributed by atoms with Crippen molar-refractivity contribution in [3.05, 3.63) is 0 Å². The lowest BCUT2D eigenvalue weighted by Gasteiger charge is -2.11. The SMILES string of the molecule is O=C(O)C(F)(F)CNCCOCCO. The zero-order valence-electron chi connectivity index (χ0n) is 7.50. The Kier molecular flexibility index (Phi) is 6.26. The van der Waals surface area contributed by atoms with Crippen LogP contribution in [-0.2, 0) is 9.53 Å². The lowest BCUT2D eigenvalue weighted by atomic mass is 10.3. The van der Waals surface area contributed by atoms with Crippen LogP contribution in [0.2, 0.25) is 0 Å². The molecule has 0 bridgehead atoms. The van der Waals surface area contributed by atoms with Crippen LogP contribution in [0, 0.1) is 0 Å². The van der Waals surface area contributed by atoms with Gasteiger partial charge in [-0.2, -0.15) is 8.78 Å². The van der Waals surface area contributed by atoms with Crippen LogP contribution in [0.15, 0.2) is 0 Å². The van der Waals surface area contributed by atoms with Crippen molar-refractivity contribution in [2.75, 3.05) is 32.9 Å². The first-order valence-corrected chi connectivity index (χ1v) is 4.01. The third kappa shape index (κ3) is 5.79. The molecule has 0 aliphatic rings. The van der Waals surface area contributed by atoms with Crippen LogP contribution in [0.1, 0.15) is 0 Å². The van der Waals surface area contributed by atoms with Gasteiger partial charge in [-0.1, -0.05) is 0 Å². The predicted molar refractivity (Wildman–Crippen MR) is 43.4 cm³/mol. The van der Waals surface area contributed by atoms with Gasteiger partial charge in [0.1, 0.15) is 0 Å². The maximum Gasteiger partial charge on any atom is 0.375 e. The summed E-state index contributed by atoms with van der Waals surface area (Å²) in [7, 11) is 0. The van der Waals surface area contributed by atoms with Crippen LogP contribution in [0.3, 0.4) is 0 Å². The molecule has 0 atom stereocenters. The van der Waals surface area contributed by atoms with Crippen molar-refractivity contribution in [3.63, 3.8) is 0 Å². The molecular formula is C7H13F2NO4. The van der Waals surface area contributed by atoms with Gasteiger partial charge in [-0.05, 0) is 0 Å². The zero-order chi connectivity index (χ0) is 11.0. The van der Waals surface area contributed by atoms with Crippen molar-refractivity contribution in [1.82, 2.24) is 5.32 Å². The first-order chi connectivity index (χ1) is 6.50. The van der Waals surface area contributed by atoms with Gasteiger partial charge in [0.15, 0.2) is 0 Å². The largest absolute Gasteiger partial charge is 0.477 e. The number of ether oxygens (including phenoxy) is 1. The van der Waals surface area contributed by atoms with Crippen LogP contribution in [0.4, 0.5) is 8.78 Å². The first-order valence-electron chi connectivity index (χ1n) is 4.01. The maximum absolute atomic E-state index is 12.4. The molecular weight excluding hydrogens is 200 g/mol. The number of hydrogen-bond acceptors (Lipinski definition) is 4. The molecule has 0 fully saturated rings. The van der Waals surface area contributed by atoms with E-state index in [4.69, 9.17) is 14.9 Å². The molecule has 84 valence electrons. The first kappa shape index (κ1) is 13.2. The van der Waals surface area contributed by atoms with Gasteiger partial charge >= 0.3 is 11.9 Å². The molecule has 0 aliphatic carbocycles. The number of carboxylic acid groups (broad SMARTS) is 1. The molecule has 14 heavy (non-hydrogen) atoms. The van der Waals surface area contributed by atoms with Gasteiger partial charge in [0.05, 0.1) is 26.4 Å². The Morgan fingerprint density at radius 3 is 2.57 bits per heavy atom. The number of halogens is 2. The Morgan fingerprint density at radius 2 is 2.07 bits per heavy atom. The van der Waals surface area contributed by atoms with Crippen molar-refractivity contribution < 1.29 is 28.5 Å². The summed E-state index contributed by atoms with van der Waals surface area (Å²) in [4.78, 5) is 9.93. The third-order valence-electron chi connectivity index (χ3n) is 1.32. The van der Waals surface area contributed by atoms with Gasteiger partial charge in [-0.25, -0.2) is 4.79 Å². The molecule has 0 amide bonds. The summed E-state index contributed by atoms with van der Waals surface area (Å²) in [5.41, 5.74) is 0. The lowest BCUT2D eigenvalue weighted by molar-refractivity contribution is -0.164. The molecule has 0 radical (unpaired) electrons. The summed E-state index contributed by atoms with van der Waals surface area (Å²) in [6, 6.07) is 0. The van der Waals surface area contributed by atoms with E-state index in [9.17, 15) is 13.6 Å². The average molecular weight is 213 g/mol. The standard InChI is InChI=1S/C7H13F2NO4/c8-7(9,6(12)13)5-10-1-3-14-4-2-11/h10-11H,1-5H2,(H,12,13). The highest BCUT2D eigenvalue weighted by Gasteiger charge is 2.37. The minimum atomic E-state index is -3.75. The molecule has 0 aliphatic heterocycles. The van der Waals surface area contributed by atoms with Gasteiger partial charge < -0.3 is 20.3 Å². The van der Waals surface area contributed by atoms with Crippen molar-refractivity contribution in [3.8, 4) is 0 Å². The minimum Gasteiger partial charge on any atom is -0.477 e. The zero-order valence-corrected chi connectivity index (χ0v) is 7.50. The Labute approximate surface area is 79.7 Å². The van der Waals surface area contributed by atoms with E-state index in [1.807, 2.05) is 0 Å². The summed E-state index contributed by atoms with van der Waals surface area (Å²) < 4.78 is 29.5. The average Bonchev–Trinajstić information content (AvgIpc) is 2.10. The van der Waals surface area contributed by atoms with Gasteiger partial charge in [0, 0.05) is 6.54 Å².